The van der Waals surface area contributed by atoms with Crippen molar-refractivity contribution < 1.29 is 19.1 Å². The van der Waals surface area contributed by atoms with Crippen molar-refractivity contribution in [3.63, 3.8) is 0 Å². The number of ether oxygens (including phenoxy) is 1. The predicted molar refractivity (Wildman–Crippen MR) is 110 cm³/mol. The molecule has 2 atom stereocenters. The first kappa shape index (κ1) is 21.4. The molecule has 0 saturated carbocycles. The summed E-state index contributed by atoms with van der Waals surface area (Å²) in [7, 11) is 1.49. The maximum Gasteiger partial charge on any atom is 0.258 e. The van der Waals surface area contributed by atoms with Crippen LogP contribution in [0.4, 0.5) is 0 Å². The van der Waals surface area contributed by atoms with Crippen LogP contribution in [0.25, 0.3) is 0 Å². The molecule has 2 aliphatic heterocycles. The highest BCUT2D eigenvalue weighted by Crippen LogP contribution is 2.27. The van der Waals surface area contributed by atoms with E-state index < -0.39 is 12.1 Å². The minimum atomic E-state index is -0.612. The lowest BCUT2D eigenvalue weighted by Gasteiger charge is -2.30. The van der Waals surface area contributed by atoms with Crippen LogP contribution in [-0.2, 0) is 9.59 Å². The summed E-state index contributed by atoms with van der Waals surface area (Å²) in [6.45, 7) is 3.65. The highest BCUT2D eigenvalue weighted by molar-refractivity contribution is 6.31. The summed E-state index contributed by atoms with van der Waals surface area (Å²) in [4.78, 5) is 41.9. The summed E-state index contributed by atoms with van der Waals surface area (Å²) in [5, 5.41) is 3.24. The minimum absolute atomic E-state index is 0.0644. The molecule has 2 fully saturated rings. The molecule has 0 aliphatic carbocycles. The van der Waals surface area contributed by atoms with Crippen LogP contribution in [0, 0.1) is 0 Å². The summed E-state index contributed by atoms with van der Waals surface area (Å²) < 4.78 is 5.28. The molecule has 2 heterocycles. The third kappa shape index (κ3) is 4.83. The van der Waals surface area contributed by atoms with Crippen LogP contribution in [0.15, 0.2) is 18.2 Å². The van der Waals surface area contributed by atoms with E-state index in [0.29, 0.717) is 29.3 Å². The summed E-state index contributed by atoms with van der Waals surface area (Å²) in [6.07, 6.45) is 4.42. The van der Waals surface area contributed by atoms with Gasteiger partial charge >= 0.3 is 0 Å². The zero-order valence-electron chi connectivity index (χ0n) is 16.9. The Morgan fingerprint density at radius 3 is 2.55 bits per heavy atom. The van der Waals surface area contributed by atoms with Gasteiger partial charge in [-0.3, -0.25) is 14.4 Å². The molecule has 0 spiro atoms. The predicted octanol–water partition coefficient (Wildman–Crippen LogP) is 2.47. The van der Waals surface area contributed by atoms with Crippen molar-refractivity contribution in [1.82, 2.24) is 15.1 Å². The zero-order valence-corrected chi connectivity index (χ0v) is 17.7. The van der Waals surface area contributed by atoms with E-state index in [4.69, 9.17) is 16.3 Å². The summed E-state index contributed by atoms with van der Waals surface area (Å²) in [5.74, 6) is -0.240. The van der Waals surface area contributed by atoms with Gasteiger partial charge in [0.1, 0.15) is 17.8 Å². The second-order valence-corrected chi connectivity index (χ2v) is 8.05. The van der Waals surface area contributed by atoms with Crippen molar-refractivity contribution in [3.8, 4) is 5.75 Å². The van der Waals surface area contributed by atoms with E-state index in [1.54, 1.807) is 30.0 Å². The summed E-state index contributed by atoms with van der Waals surface area (Å²) >= 11 is 6.05. The van der Waals surface area contributed by atoms with Gasteiger partial charge in [0.2, 0.25) is 11.8 Å². The Kier molecular flexibility index (Phi) is 7.00. The highest BCUT2D eigenvalue weighted by Gasteiger charge is 2.37. The smallest absolute Gasteiger partial charge is 0.258 e. The van der Waals surface area contributed by atoms with Crippen LogP contribution < -0.4 is 10.1 Å². The van der Waals surface area contributed by atoms with Crippen molar-refractivity contribution in [1.29, 1.82) is 0 Å². The van der Waals surface area contributed by atoms with E-state index in [-0.39, 0.29) is 17.7 Å². The molecule has 0 radical (unpaired) electrons. The lowest BCUT2D eigenvalue weighted by molar-refractivity contribution is -0.137. The van der Waals surface area contributed by atoms with E-state index in [2.05, 4.69) is 5.32 Å². The SMILES string of the molecule is COc1ccc(Cl)cc1C(=O)N1CCCC1C(=O)NC(C)C(=O)N1CCCCC1. The third-order valence-electron chi connectivity index (χ3n) is 5.61. The molecular weight excluding hydrogens is 394 g/mol. The van der Waals surface area contributed by atoms with Gasteiger partial charge in [0.05, 0.1) is 12.7 Å². The quantitative estimate of drug-likeness (QED) is 0.792. The van der Waals surface area contributed by atoms with Crippen LogP contribution in [0.3, 0.4) is 0 Å². The number of hydrogen-bond acceptors (Lipinski definition) is 4. The van der Waals surface area contributed by atoms with Gasteiger partial charge in [-0.25, -0.2) is 0 Å². The number of halogens is 1. The lowest BCUT2D eigenvalue weighted by atomic mass is 10.1. The second kappa shape index (κ2) is 9.48. The monoisotopic (exact) mass is 421 g/mol. The number of carbonyl (C=O) groups is 3. The van der Waals surface area contributed by atoms with E-state index >= 15 is 0 Å². The molecule has 1 aromatic carbocycles. The molecule has 1 N–H and O–H groups in total. The number of piperidine rings is 1. The van der Waals surface area contributed by atoms with Crippen molar-refractivity contribution in [3.05, 3.63) is 28.8 Å². The van der Waals surface area contributed by atoms with Gasteiger partial charge in [-0.2, -0.15) is 0 Å². The van der Waals surface area contributed by atoms with E-state index in [1.165, 1.54) is 7.11 Å². The fraction of sp³-hybridized carbons (Fsp3) is 0.571. The number of nitrogens with zero attached hydrogens (tertiary/aromatic N) is 2. The van der Waals surface area contributed by atoms with E-state index in [9.17, 15) is 14.4 Å². The average Bonchev–Trinajstić information content (AvgIpc) is 3.23. The molecule has 3 amide bonds. The number of carbonyl (C=O) groups excluding carboxylic acids is 3. The zero-order chi connectivity index (χ0) is 21.0. The molecule has 8 heteroatoms. The molecule has 0 bridgehead atoms. The Morgan fingerprint density at radius 1 is 1.14 bits per heavy atom. The Labute approximate surface area is 176 Å². The van der Waals surface area contributed by atoms with Crippen molar-refractivity contribution >= 4 is 29.3 Å². The summed E-state index contributed by atoms with van der Waals surface area (Å²) in [5.41, 5.74) is 0.331. The van der Waals surface area contributed by atoms with E-state index in [0.717, 1.165) is 38.8 Å². The maximum absolute atomic E-state index is 13.1. The summed E-state index contributed by atoms with van der Waals surface area (Å²) in [6, 6.07) is 3.62. The molecule has 3 rings (SSSR count). The first-order valence-corrected chi connectivity index (χ1v) is 10.5. The standard InChI is InChI=1S/C21H28ClN3O4/c1-14(20(27)24-10-4-3-5-11-24)23-19(26)17-7-6-12-25(17)21(28)16-13-15(22)8-9-18(16)29-2/h8-9,13-14,17H,3-7,10-12H2,1-2H3,(H,23,26). The van der Waals surface area contributed by atoms with Crippen LogP contribution in [0.1, 0.15) is 49.4 Å². The van der Waals surface area contributed by atoms with E-state index in [1.807, 2.05) is 4.90 Å². The van der Waals surface area contributed by atoms with Crippen molar-refractivity contribution in [2.75, 3.05) is 26.7 Å². The number of nitrogens with one attached hydrogen (secondary N) is 1. The van der Waals surface area contributed by atoms with Crippen LogP contribution in [0.2, 0.25) is 5.02 Å². The normalized spacial score (nSPS) is 20.3. The molecule has 7 nitrogen and oxygen atoms in total. The number of benzene rings is 1. The van der Waals surface area contributed by atoms with Gasteiger partial charge in [-0.05, 0) is 57.2 Å². The molecule has 1 aromatic rings. The topological polar surface area (TPSA) is 79.0 Å². The number of methoxy groups -OCH3 is 1. The fourth-order valence-corrected chi connectivity index (χ4v) is 4.22. The fourth-order valence-electron chi connectivity index (χ4n) is 4.04. The maximum atomic E-state index is 13.1. The molecule has 2 unspecified atom stereocenters. The van der Waals surface area contributed by atoms with Gasteiger partial charge in [-0.1, -0.05) is 11.6 Å². The lowest BCUT2D eigenvalue weighted by Crippen LogP contribution is -2.53. The minimum Gasteiger partial charge on any atom is -0.496 e. The molecular formula is C21H28ClN3O4. The number of hydrogen-bond donors (Lipinski definition) is 1. The Morgan fingerprint density at radius 2 is 1.86 bits per heavy atom. The Bertz CT molecular complexity index is 779. The first-order chi connectivity index (χ1) is 13.9. The van der Waals surface area contributed by atoms with Crippen LogP contribution >= 0.6 is 11.6 Å². The van der Waals surface area contributed by atoms with Crippen molar-refractivity contribution in [2.45, 2.75) is 51.1 Å². The largest absolute Gasteiger partial charge is 0.496 e. The van der Waals surface area contributed by atoms with Crippen LogP contribution in [-0.4, -0.2) is 66.3 Å². The van der Waals surface area contributed by atoms with Crippen LogP contribution in [0.5, 0.6) is 5.75 Å². The number of amides is 3. The first-order valence-electron chi connectivity index (χ1n) is 10.2. The van der Waals surface area contributed by atoms with Crippen molar-refractivity contribution in [2.24, 2.45) is 0 Å². The molecule has 0 aromatic heterocycles. The molecule has 29 heavy (non-hydrogen) atoms. The molecule has 158 valence electrons. The van der Waals surface area contributed by atoms with Gasteiger partial charge in [-0.15, -0.1) is 0 Å². The second-order valence-electron chi connectivity index (χ2n) is 7.62. The molecule has 2 saturated heterocycles. The van der Waals surface area contributed by atoms with Gasteiger partial charge in [0.15, 0.2) is 0 Å². The Balaban J connectivity index is 1.68. The van der Waals surface area contributed by atoms with Gasteiger partial charge in [0.25, 0.3) is 5.91 Å². The number of likely N-dealkylation sites (tertiary alicyclic amines) is 2. The molecule has 2 aliphatic rings. The Hall–Kier alpha value is -2.28. The van der Waals surface area contributed by atoms with Gasteiger partial charge < -0.3 is 19.9 Å². The number of rotatable bonds is 5. The van der Waals surface area contributed by atoms with Gasteiger partial charge in [0, 0.05) is 24.7 Å². The third-order valence-corrected chi connectivity index (χ3v) is 5.84. The average molecular weight is 422 g/mol. The highest BCUT2D eigenvalue weighted by atomic mass is 35.5.